The van der Waals surface area contributed by atoms with Crippen LogP contribution in [0.2, 0.25) is 0 Å². The Hall–Kier alpha value is -2.21. The molecule has 3 heterocycles. The number of imidazole rings is 1. The lowest BCUT2D eigenvalue weighted by atomic mass is 10.1. The predicted octanol–water partition coefficient (Wildman–Crippen LogP) is 7.91. The Bertz CT molecular complexity index is 1350. The van der Waals surface area contributed by atoms with Gasteiger partial charge in [0.1, 0.15) is 17.0 Å². The topological polar surface area (TPSA) is 17.8 Å². The van der Waals surface area contributed by atoms with E-state index in [2.05, 4.69) is 79.8 Å². The van der Waals surface area contributed by atoms with Crippen LogP contribution in [0.3, 0.4) is 0 Å². The Labute approximate surface area is 192 Å². The Morgan fingerprint density at radius 2 is 1.52 bits per heavy atom. The molecule has 0 radical (unpaired) electrons. The second kappa shape index (κ2) is 8.05. The lowest BCUT2D eigenvalue weighted by Gasteiger charge is -2.23. The zero-order valence-electron chi connectivity index (χ0n) is 18.8. The first-order valence-corrected chi connectivity index (χ1v) is 12.9. The number of aryl methyl sites for hydroxylation is 1. The molecule has 0 bridgehead atoms. The molecule has 0 fully saturated rings. The summed E-state index contributed by atoms with van der Waals surface area (Å²) in [5, 5.41) is 7.15. The molecule has 0 aliphatic carbocycles. The smallest absolute Gasteiger partial charge is 0.141 e. The highest BCUT2D eigenvalue weighted by atomic mass is 32.1. The Balaban J connectivity index is 1.73. The number of aromatic nitrogens is 2. The van der Waals surface area contributed by atoms with E-state index in [-0.39, 0.29) is 0 Å². The summed E-state index contributed by atoms with van der Waals surface area (Å²) >= 11 is 3.66. The third-order valence-corrected chi connectivity index (χ3v) is 8.00. The maximum absolute atomic E-state index is 5.28. The van der Waals surface area contributed by atoms with Gasteiger partial charge in [-0.2, -0.15) is 0 Å². The summed E-state index contributed by atoms with van der Waals surface area (Å²) in [6.07, 6.45) is 5.02. The summed E-state index contributed by atoms with van der Waals surface area (Å²) in [6, 6.07) is 13.5. The highest BCUT2D eigenvalue weighted by molar-refractivity contribution is 7.20. The van der Waals surface area contributed by atoms with E-state index in [0.29, 0.717) is 0 Å². The minimum Gasteiger partial charge on any atom is -0.323 e. The number of benzene rings is 2. The van der Waals surface area contributed by atoms with Gasteiger partial charge in [0, 0.05) is 22.9 Å². The van der Waals surface area contributed by atoms with Crippen molar-refractivity contribution in [2.24, 2.45) is 0 Å². The van der Waals surface area contributed by atoms with Crippen molar-refractivity contribution in [1.29, 1.82) is 0 Å². The first-order chi connectivity index (χ1) is 15.0. The lowest BCUT2D eigenvalue weighted by Crippen LogP contribution is -2.34. The Morgan fingerprint density at radius 1 is 0.839 bits per heavy atom. The van der Waals surface area contributed by atoms with Crippen molar-refractivity contribution < 1.29 is 0 Å². The van der Waals surface area contributed by atoms with E-state index in [9.17, 15) is 0 Å². The number of nitrogens with zero attached hydrogens (tertiary/aromatic N) is 3. The van der Waals surface area contributed by atoms with Crippen LogP contribution in [0.15, 0.2) is 47.2 Å². The van der Waals surface area contributed by atoms with Crippen LogP contribution in [-0.4, -0.2) is 30.7 Å². The van der Waals surface area contributed by atoms with Crippen LogP contribution in [0.25, 0.3) is 42.6 Å². The third kappa shape index (κ3) is 3.59. The average molecular weight is 449 g/mol. The van der Waals surface area contributed by atoms with Gasteiger partial charge in [0.2, 0.25) is 0 Å². The van der Waals surface area contributed by atoms with Crippen LogP contribution in [0.4, 0.5) is 5.69 Å². The average Bonchev–Trinajstić information content (AvgIpc) is 3.47. The van der Waals surface area contributed by atoms with Crippen LogP contribution < -0.4 is 4.48 Å². The number of hydrogen-bond acceptors (Lipinski definition) is 3. The van der Waals surface area contributed by atoms with Crippen LogP contribution in [0.5, 0.6) is 0 Å². The third-order valence-electron chi connectivity index (χ3n) is 6.15. The molecule has 0 amide bonds. The minimum atomic E-state index is 0.819. The standard InChI is InChI=1S/C26H30N3S2/c1-5-6-7-8-15-28-23-22(24-20(13-16-30-24)21-14-17-31-25(21)23)27-26(28)18-9-11-19(12-10-18)29(2,3)4/h9-14,16-17H,5-8,15H2,1-4H3/q+1. The molecule has 3 aromatic heterocycles. The maximum atomic E-state index is 5.28. The maximum Gasteiger partial charge on any atom is 0.141 e. The van der Waals surface area contributed by atoms with Crippen molar-refractivity contribution in [3.05, 3.63) is 47.2 Å². The van der Waals surface area contributed by atoms with Gasteiger partial charge < -0.3 is 4.57 Å². The van der Waals surface area contributed by atoms with Gasteiger partial charge in [0.05, 0.1) is 36.1 Å². The van der Waals surface area contributed by atoms with E-state index in [0.717, 1.165) is 16.9 Å². The number of unbranched alkanes of at least 4 members (excludes halogenated alkanes) is 3. The largest absolute Gasteiger partial charge is 0.323 e. The quantitative estimate of drug-likeness (QED) is 0.183. The fourth-order valence-electron chi connectivity index (χ4n) is 4.44. The number of quaternary nitrogens is 1. The molecule has 0 N–H and O–H groups in total. The molecule has 0 aliphatic rings. The van der Waals surface area contributed by atoms with Gasteiger partial charge in [-0.05, 0) is 53.6 Å². The van der Waals surface area contributed by atoms with E-state index in [1.807, 2.05) is 22.7 Å². The normalized spacial score (nSPS) is 12.5. The van der Waals surface area contributed by atoms with Gasteiger partial charge >= 0.3 is 0 Å². The van der Waals surface area contributed by atoms with Crippen molar-refractivity contribution >= 4 is 59.6 Å². The molecule has 0 aliphatic heterocycles. The van der Waals surface area contributed by atoms with Crippen LogP contribution in [0.1, 0.15) is 32.6 Å². The molecule has 31 heavy (non-hydrogen) atoms. The van der Waals surface area contributed by atoms with Gasteiger partial charge in [-0.1, -0.05) is 26.2 Å². The van der Waals surface area contributed by atoms with E-state index in [1.54, 1.807) is 0 Å². The molecule has 160 valence electrons. The van der Waals surface area contributed by atoms with Crippen molar-refractivity contribution in [2.45, 2.75) is 39.2 Å². The fraction of sp³-hybridized carbons (Fsp3) is 0.346. The number of thiophene rings is 2. The first kappa shape index (κ1) is 20.7. The van der Waals surface area contributed by atoms with Crippen molar-refractivity contribution in [2.75, 3.05) is 21.1 Å². The number of hydrogen-bond donors (Lipinski definition) is 0. The van der Waals surface area contributed by atoms with Gasteiger partial charge in [-0.3, -0.25) is 4.48 Å². The van der Waals surface area contributed by atoms with Crippen molar-refractivity contribution in [3.63, 3.8) is 0 Å². The van der Waals surface area contributed by atoms with E-state index >= 15 is 0 Å². The van der Waals surface area contributed by atoms with Crippen LogP contribution >= 0.6 is 22.7 Å². The Morgan fingerprint density at radius 3 is 2.19 bits per heavy atom. The molecule has 0 saturated heterocycles. The molecule has 0 atom stereocenters. The molecule has 0 spiro atoms. The van der Waals surface area contributed by atoms with Crippen LogP contribution in [0, 0.1) is 0 Å². The molecule has 5 aromatic rings. The molecule has 0 saturated carbocycles. The summed E-state index contributed by atoms with van der Waals surface area (Å²) < 4.78 is 6.01. The van der Waals surface area contributed by atoms with E-state index in [4.69, 9.17) is 4.98 Å². The molecule has 5 heteroatoms. The van der Waals surface area contributed by atoms with E-state index in [1.165, 1.54) is 68.1 Å². The Kier molecular flexibility index (Phi) is 5.37. The van der Waals surface area contributed by atoms with Crippen molar-refractivity contribution in [1.82, 2.24) is 14.0 Å². The second-order valence-corrected chi connectivity index (χ2v) is 11.1. The molecule has 2 aromatic carbocycles. The molecule has 3 nitrogen and oxygen atoms in total. The number of rotatable bonds is 7. The van der Waals surface area contributed by atoms with E-state index < -0.39 is 0 Å². The fourth-order valence-corrected chi connectivity index (χ4v) is 6.31. The van der Waals surface area contributed by atoms with Gasteiger partial charge in [0.25, 0.3) is 0 Å². The minimum absolute atomic E-state index is 0.819. The van der Waals surface area contributed by atoms with Gasteiger partial charge in [-0.15, -0.1) is 22.7 Å². The predicted molar refractivity (Wildman–Crippen MR) is 140 cm³/mol. The second-order valence-electron chi connectivity index (χ2n) is 9.23. The molecular weight excluding hydrogens is 418 g/mol. The first-order valence-electron chi connectivity index (χ1n) is 11.2. The molecule has 5 rings (SSSR count). The summed E-state index contributed by atoms with van der Waals surface area (Å²) in [5.74, 6) is 1.11. The van der Waals surface area contributed by atoms with Gasteiger partial charge in [-0.25, -0.2) is 4.98 Å². The number of fused-ring (bicyclic) bond motifs is 6. The zero-order valence-corrected chi connectivity index (χ0v) is 20.4. The van der Waals surface area contributed by atoms with Crippen LogP contribution in [-0.2, 0) is 6.54 Å². The highest BCUT2D eigenvalue weighted by Crippen LogP contribution is 2.42. The van der Waals surface area contributed by atoms with Gasteiger partial charge in [0.15, 0.2) is 0 Å². The highest BCUT2D eigenvalue weighted by Gasteiger charge is 2.21. The monoisotopic (exact) mass is 448 g/mol. The lowest BCUT2D eigenvalue weighted by molar-refractivity contribution is 0.486. The molecule has 0 unspecified atom stereocenters. The van der Waals surface area contributed by atoms with Crippen molar-refractivity contribution in [3.8, 4) is 11.4 Å². The summed E-state index contributed by atoms with van der Waals surface area (Å²) in [5.41, 5.74) is 5.00. The summed E-state index contributed by atoms with van der Waals surface area (Å²) in [4.78, 5) is 5.28. The zero-order chi connectivity index (χ0) is 21.6. The summed E-state index contributed by atoms with van der Waals surface area (Å²) in [7, 11) is 6.62. The summed E-state index contributed by atoms with van der Waals surface area (Å²) in [6.45, 7) is 3.29. The molecular formula is C26H30N3S2+. The SMILES string of the molecule is CCCCCCn1c(-c2ccc([N+](C)(C)C)cc2)nc2c3sccc3c3ccsc3c21.